The van der Waals surface area contributed by atoms with E-state index >= 15 is 0 Å². The van der Waals surface area contributed by atoms with Crippen LogP contribution in [0.25, 0.3) is 33.6 Å². The molecule has 0 fully saturated rings. The third kappa shape index (κ3) is 2.37. The van der Waals surface area contributed by atoms with Crippen LogP contribution in [0.5, 0.6) is 0 Å². The fourth-order valence-electron chi connectivity index (χ4n) is 6.34. The molecule has 0 N–H and O–H groups in total. The number of rotatable bonds is 3. The Labute approximate surface area is 191 Å². The summed E-state index contributed by atoms with van der Waals surface area (Å²) >= 11 is 0. The maximum Gasteiger partial charge on any atom is 0.0753 e. The Balaban J connectivity index is 1.52. The molecule has 0 saturated heterocycles. The van der Waals surface area contributed by atoms with E-state index < -0.39 is 0 Å². The van der Waals surface area contributed by atoms with Gasteiger partial charge in [0, 0.05) is 22.0 Å². The minimum absolute atomic E-state index is 0.00480. The van der Waals surface area contributed by atoms with Gasteiger partial charge in [-0.15, -0.1) is 0 Å². The van der Waals surface area contributed by atoms with Gasteiger partial charge in [-0.05, 0) is 58.4 Å². The van der Waals surface area contributed by atoms with Gasteiger partial charge >= 0.3 is 0 Å². The summed E-state index contributed by atoms with van der Waals surface area (Å²) in [4.78, 5) is 5.28. The average molecular weight is 416 g/mol. The number of nitrogens with zero attached hydrogens (tertiary/aromatic N) is 1. The van der Waals surface area contributed by atoms with Crippen LogP contribution in [-0.4, -0.2) is 4.98 Å². The van der Waals surface area contributed by atoms with Gasteiger partial charge < -0.3 is 0 Å². The van der Waals surface area contributed by atoms with Crippen LogP contribution in [0, 0.1) is 0 Å². The summed E-state index contributed by atoms with van der Waals surface area (Å²) in [7, 11) is 0. The summed E-state index contributed by atoms with van der Waals surface area (Å²) in [6.45, 7) is 9.29. The Morgan fingerprint density at radius 1 is 0.625 bits per heavy atom. The fraction of sp³-hybridized carbons (Fsp3) is 0.258. The second-order valence-electron chi connectivity index (χ2n) is 9.86. The molecule has 2 aliphatic carbocycles. The highest BCUT2D eigenvalue weighted by Gasteiger charge is 2.41. The molecule has 3 aromatic carbocycles. The molecule has 32 heavy (non-hydrogen) atoms. The lowest BCUT2D eigenvalue weighted by atomic mass is 9.74. The van der Waals surface area contributed by atoms with Gasteiger partial charge in [-0.1, -0.05) is 94.4 Å². The minimum atomic E-state index is 0.00480. The van der Waals surface area contributed by atoms with E-state index in [0.29, 0.717) is 0 Å². The lowest BCUT2D eigenvalue weighted by Gasteiger charge is -2.29. The van der Waals surface area contributed by atoms with Crippen molar-refractivity contribution in [3.05, 3.63) is 101 Å². The maximum atomic E-state index is 5.28. The molecule has 1 nitrogen and oxygen atoms in total. The van der Waals surface area contributed by atoms with E-state index in [9.17, 15) is 0 Å². The topological polar surface area (TPSA) is 12.9 Å². The van der Waals surface area contributed by atoms with Crippen molar-refractivity contribution >= 4 is 0 Å². The summed E-state index contributed by atoms with van der Waals surface area (Å²) in [5.41, 5.74) is 13.2. The van der Waals surface area contributed by atoms with Crippen molar-refractivity contribution in [1.82, 2.24) is 4.98 Å². The van der Waals surface area contributed by atoms with Gasteiger partial charge in [0.15, 0.2) is 0 Å². The lowest BCUT2D eigenvalue weighted by molar-refractivity contribution is 0.490. The second-order valence-corrected chi connectivity index (χ2v) is 9.86. The maximum absolute atomic E-state index is 5.28. The van der Waals surface area contributed by atoms with Crippen molar-refractivity contribution in [2.45, 2.75) is 51.4 Å². The van der Waals surface area contributed by atoms with Crippen LogP contribution in [0.2, 0.25) is 0 Å². The quantitative estimate of drug-likeness (QED) is 0.329. The molecule has 0 saturated carbocycles. The normalized spacial score (nSPS) is 16.2. The van der Waals surface area contributed by atoms with Crippen molar-refractivity contribution in [3.63, 3.8) is 0 Å². The van der Waals surface area contributed by atoms with E-state index in [1.54, 1.807) is 0 Å². The van der Waals surface area contributed by atoms with E-state index in [0.717, 1.165) is 18.5 Å². The monoisotopic (exact) mass is 415 g/mol. The summed E-state index contributed by atoms with van der Waals surface area (Å²) in [6.07, 6.45) is 2.19. The van der Waals surface area contributed by atoms with E-state index in [1.165, 1.54) is 50.2 Å². The molecule has 2 aliphatic rings. The van der Waals surface area contributed by atoms with E-state index in [4.69, 9.17) is 4.98 Å². The summed E-state index contributed by atoms with van der Waals surface area (Å²) in [5.74, 6) is 0. The van der Waals surface area contributed by atoms with Crippen LogP contribution < -0.4 is 0 Å². The molecule has 0 atom stereocenters. The SMILES string of the molecule is CCC1(CC)c2ccccc2-c2nc(-c3ccc4c(c3)C(C)(C)c3ccccc3-4)ccc21. The molecular weight excluding hydrogens is 386 g/mol. The standard InChI is InChI=1S/C31H29N/c1-5-31(6-2)25-14-10-8-12-23(25)29-26(31)17-18-28(32-29)20-15-16-22-21-11-7-9-13-24(21)30(3,4)27(22)19-20/h7-19H,5-6H2,1-4H3. The Morgan fingerprint density at radius 3 is 2.03 bits per heavy atom. The van der Waals surface area contributed by atoms with E-state index in [2.05, 4.69) is 107 Å². The van der Waals surface area contributed by atoms with Crippen LogP contribution in [0.3, 0.4) is 0 Å². The molecule has 0 bridgehead atoms. The third-order valence-electron chi connectivity index (χ3n) is 8.19. The van der Waals surface area contributed by atoms with Crippen molar-refractivity contribution in [2.24, 2.45) is 0 Å². The number of pyridine rings is 1. The molecule has 1 heterocycles. The molecule has 1 aromatic heterocycles. The molecule has 6 rings (SSSR count). The molecule has 1 heteroatoms. The largest absolute Gasteiger partial charge is 0.247 e. The summed E-state index contributed by atoms with van der Waals surface area (Å²) in [6, 6.07) is 29.2. The van der Waals surface area contributed by atoms with Crippen LogP contribution in [-0.2, 0) is 10.8 Å². The van der Waals surface area contributed by atoms with Crippen LogP contribution >= 0.6 is 0 Å². The lowest BCUT2D eigenvalue weighted by Crippen LogP contribution is -2.23. The van der Waals surface area contributed by atoms with Crippen molar-refractivity contribution < 1.29 is 0 Å². The van der Waals surface area contributed by atoms with Gasteiger partial charge in [0.2, 0.25) is 0 Å². The van der Waals surface area contributed by atoms with E-state index in [-0.39, 0.29) is 10.8 Å². The fourth-order valence-corrected chi connectivity index (χ4v) is 6.34. The van der Waals surface area contributed by atoms with Crippen LogP contribution in [0.1, 0.15) is 62.8 Å². The molecule has 0 aliphatic heterocycles. The van der Waals surface area contributed by atoms with Crippen LogP contribution in [0.4, 0.5) is 0 Å². The first kappa shape index (κ1) is 19.5. The summed E-state index contributed by atoms with van der Waals surface area (Å²) < 4.78 is 0. The second kappa shape index (κ2) is 6.65. The van der Waals surface area contributed by atoms with Crippen molar-refractivity contribution in [2.75, 3.05) is 0 Å². The number of benzene rings is 3. The number of hydrogen-bond donors (Lipinski definition) is 0. The van der Waals surface area contributed by atoms with Gasteiger partial charge in [0.05, 0.1) is 11.4 Å². The van der Waals surface area contributed by atoms with Gasteiger partial charge in [-0.2, -0.15) is 0 Å². The van der Waals surface area contributed by atoms with Gasteiger partial charge in [-0.25, -0.2) is 4.98 Å². The van der Waals surface area contributed by atoms with Crippen molar-refractivity contribution in [1.29, 1.82) is 0 Å². The zero-order valence-corrected chi connectivity index (χ0v) is 19.4. The molecule has 0 unspecified atom stereocenters. The number of fused-ring (bicyclic) bond motifs is 6. The zero-order chi connectivity index (χ0) is 22.1. The molecule has 0 spiro atoms. The number of aromatic nitrogens is 1. The predicted octanol–water partition coefficient (Wildman–Crippen LogP) is 8.14. The minimum Gasteiger partial charge on any atom is -0.247 e. The van der Waals surface area contributed by atoms with Crippen LogP contribution in [0.15, 0.2) is 78.9 Å². The smallest absolute Gasteiger partial charge is 0.0753 e. The Bertz CT molecular complexity index is 1370. The third-order valence-corrected chi connectivity index (χ3v) is 8.19. The molecule has 158 valence electrons. The van der Waals surface area contributed by atoms with Gasteiger partial charge in [-0.3, -0.25) is 0 Å². The van der Waals surface area contributed by atoms with E-state index in [1.807, 2.05) is 0 Å². The van der Waals surface area contributed by atoms with Crippen molar-refractivity contribution in [3.8, 4) is 33.6 Å². The average Bonchev–Trinajstić information content (AvgIpc) is 3.25. The first-order chi connectivity index (χ1) is 15.5. The number of hydrogen-bond acceptors (Lipinski definition) is 1. The molecule has 0 radical (unpaired) electrons. The highest BCUT2D eigenvalue weighted by molar-refractivity contribution is 5.84. The first-order valence-electron chi connectivity index (χ1n) is 11.9. The van der Waals surface area contributed by atoms with Gasteiger partial charge in [0.25, 0.3) is 0 Å². The Kier molecular flexibility index (Phi) is 4.05. The molecular formula is C31H29N. The Morgan fingerprint density at radius 2 is 1.28 bits per heavy atom. The predicted molar refractivity (Wildman–Crippen MR) is 134 cm³/mol. The Hall–Kier alpha value is -3.19. The molecule has 0 amide bonds. The highest BCUT2D eigenvalue weighted by atomic mass is 14.7. The first-order valence-corrected chi connectivity index (χ1v) is 11.9. The summed E-state index contributed by atoms with van der Waals surface area (Å²) in [5, 5.41) is 0. The molecule has 4 aromatic rings. The highest BCUT2D eigenvalue weighted by Crippen LogP contribution is 2.53. The van der Waals surface area contributed by atoms with Gasteiger partial charge in [0.1, 0.15) is 0 Å². The zero-order valence-electron chi connectivity index (χ0n) is 19.4.